The number of hydrogen-bond acceptors (Lipinski definition) is 5. The van der Waals surface area contributed by atoms with E-state index in [0.29, 0.717) is 5.82 Å². The molecule has 86 valence electrons. The van der Waals surface area contributed by atoms with Crippen molar-refractivity contribution in [2.75, 3.05) is 0 Å². The number of nitrogens with two attached hydrogens (primary N) is 1. The molecule has 0 saturated heterocycles. The van der Waals surface area contributed by atoms with Crippen LogP contribution in [0.25, 0.3) is 10.4 Å². The minimum atomic E-state index is -0.445. The first kappa shape index (κ1) is 11.1. The van der Waals surface area contributed by atoms with Crippen LogP contribution in [0.3, 0.4) is 0 Å². The molecule has 0 aliphatic rings. The van der Waals surface area contributed by atoms with Crippen molar-refractivity contribution in [3.05, 3.63) is 58.1 Å². The molecule has 0 bridgehead atoms. The molecular weight excluding hydrogens is 220 g/mol. The summed E-state index contributed by atoms with van der Waals surface area (Å²) in [4.78, 5) is 6.67. The normalized spacial score (nSPS) is 11.8. The van der Waals surface area contributed by atoms with Gasteiger partial charge in [-0.2, -0.15) is 4.98 Å². The van der Waals surface area contributed by atoms with Gasteiger partial charge in [-0.1, -0.05) is 40.6 Å². The zero-order valence-corrected chi connectivity index (χ0v) is 8.89. The van der Waals surface area contributed by atoms with Gasteiger partial charge in [0.25, 0.3) is 0 Å². The molecular formula is C10H10N6O. The first-order valence-electron chi connectivity index (χ1n) is 4.95. The van der Waals surface area contributed by atoms with Gasteiger partial charge >= 0.3 is 0 Å². The van der Waals surface area contributed by atoms with Crippen LogP contribution < -0.4 is 5.73 Å². The van der Waals surface area contributed by atoms with E-state index in [4.69, 9.17) is 15.8 Å². The van der Waals surface area contributed by atoms with Crippen molar-refractivity contribution in [2.45, 2.75) is 12.6 Å². The lowest BCUT2D eigenvalue weighted by Crippen LogP contribution is -2.13. The summed E-state index contributed by atoms with van der Waals surface area (Å²) in [5.74, 6) is 0.628. The van der Waals surface area contributed by atoms with E-state index in [2.05, 4.69) is 20.2 Å². The van der Waals surface area contributed by atoms with Crippen LogP contribution in [0.1, 0.15) is 23.3 Å². The summed E-state index contributed by atoms with van der Waals surface area (Å²) in [5, 5.41) is 7.08. The zero-order chi connectivity index (χ0) is 12.1. The lowest BCUT2D eigenvalue weighted by molar-refractivity contribution is 0.373. The van der Waals surface area contributed by atoms with Crippen LogP contribution in [0.15, 0.2) is 40.0 Å². The molecule has 1 heterocycles. The smallest absolute Gasteiger partial charge is 0.232 e. The minimum absolute atomic E-state index is 0.0327. The van der Waals surface area contributed by atoms with Crippen molar-refractivity contribution in [3.8, 4) is 0 Å². The number of rotatable bonds is 4. The third-order valence-electron chi connectivity index (χ3n) is 2.19. The first-order valence-corrected chi connectivity index (χ1v) is 4.95. The fourth-order valence-corrected chi connectivity index (χ4v) is 1.36. The fraction of sp³-hybridized carbons (Fsp3) is 0.200. The van der Waals surface area contributed by atoms with Gasteiger partial charge in [0.2, 0.25) is 5.89 Å². The van der Waals surface area contributed by atoms with Crippen molar-refractivity contribution in [2.24, 2.45) is 10.8 Å². The van der Waals surface area contributed by atoms with Crippen molar-refractivity contribution < 1.29 is 4.52 Å². The van der Waals surface area contributed by atoms with E-state index in [1.807, 2.05) is 30.3 Å². The molecule has 0 saturated carbocycles. The summed E-state index contributed by atoms with van der Waals surface area (Å²) in [7, 11) is 0. The van der Waals surface area contributed by atoms with E-state index in [1.165, 1.54) is 0 Å². The molecule has 2 aromatic rings. The quantitative estimate of drug-likeness (QED) is 0.490. The van der Waals surface area contributed by atoms with Crippen molar-refractivity contribution in [3.63, 3.8) is 0 Å². The van der Waals surface area contributed by atoms with Gasteiger partial charge in [-0.25, -0.2) is 0 Å². The van der Waals surface area contributed by atoms with E-state index in [-0.39, 0.29) is 12.4 Å². The van der Waals surface area contributed by atoms with E-state index in [9.17, 15) is 0 Å². The molecule has 0 radical (unpaired) electrons. The Bertz CT molecular complexity index is 531. The Hall–Kier alpha value is -2.37. The molecule has 1 atom stereocenters. The first-order chi connectivity index (χ1) is 8.31. The summed E-state index contributed by atoms with van der Waals surface area (Å²) in [5.41, 5.74) is 15.0. The Balaban J connectivity index is 2.17. The van der Waals surface area contributed by atoms with E-state index < -0.39 is 6.04 Å². The van der Waals surface area contributed by atoms with Gasteiger partial charge in [0.05, 0.1) is 6.04 Å². The zero-order valence-electron chi connectivity index (χ0n) is 8.89. The maximum Gasteiger partial charge on any atom is 0.232 e. The van der Waals surface area contributed by atoms with E-state index in [0.717, 1.165) is 5.56 Å². The van der Waals surface area contributed by atoms with Crippen molar-refractivity contribution >= 4 is 0 Å². The van der Waals surface area contributed by atoms with Crippen LogP contribution in [-0.2, 0) is 6.54 Å². The highest BCUT2D eigenvalue weighted by Gasteiger charge is 2.15. The average molecular weight is 230 g/mol. The molecule has 0 spiro atoms. The van der Waals surface area contributed by atoms with Crippen molar-refractivity contribution in [1.29, 1.82) is 0 Å². The summed E-state index contributed by atoms with van der Waals surface area (Å²) >= 11 is 0. The van der Waals surface area contributed by atoms with E-state index >= 15 is 0 Å². The van der Waals surface area contributed by atoms with Gasteiger partial charge in [0, 0.05) is 4.91 Å². The molecule has 1 unspecified atom stereocenters. The molecule has 0 aliphatic heterocycles. The molecule has 7 heteroatoms. The predicted octanol–water partition coefficient (Wildman–Crippen LogP) is 1.93. The molecule has 2 N–H and O–H groups in total. The van der Waals surface area contributed by atoms with Crippen molar-refractivity contribution in [1.82, 2.24) is 10.1 Å². The predicted molar refractivity (Wildman–Crippen MR) is 59.6 cm³/mol. The second-order valence-corrected chi connectivity index (χ2v) is 3.32. The number of hydrogen-bond donors (Lipinski definition) is 1. The largest absolute Gasteiger partial charge is 0.339 e. The Kier molecular flexibility index (Phi) is 3.34. The number of benzene rings is 1. The summed E-state index contributed by atoms with van der Waals surface area (Å²) < 4.78 is 4.90. The molecule has 1 aromatic carbocycles. The Morgan fingerprint density at radius 1 is 1.41 bits per heavy atom. The highest BCUT2D eigenvalue weighted by Crippen LogP contribution is 2.16. The van der Waals surface area contributed by atoms with E-state index in [1.54, 1.807) is 0 Å². The molecule has 0 amide bonds. The van der Waals surface area contributed by atoms with Gasteiger partial charge in [-0.15, -0.1) is 0 Å². The Morgan fingerprint density at radius 3 is 2.88 bits per heavy atom. The number of nitrogens with zero attached hydrogens (tertiary/aromatic N) is 5. The summed E-state index contributed by atoms with van der Waals surface area (Å²) in [6, 6.07) is 8.99. The van der Waals surface area contributed by atoms with Gasteiger partial charge in [-0.3, -0.25) is 0 Å². The number of aromatic nitrogens is 2. The summed E-state index contributed by atoms with van der Waals surface area (Å²) in [6.07, 6.45) is 0. The average Bonchev–Trinajstić information content (AvgIpc) is 2.85. The highest BCUT2D eigenvalue weighted by molar-refractivity contribution is 5.23. The second kappa shape index (κ2) is 5.11. The van der Waals surface area contributed by atoms with Crippen LogP contribution >= 0.6 is 0 Å². The lowest BCUT2D eigenvalue weighted by Gasteiger charge is -2.05. The van der Waals surface area contributed by atoms with Gasteiger partial charge < -0.3 is 10.3 Å². The third-order valence-corrected chi connectivity index (χ3v) is 2.19. The van der Waals surface area contributed by atoms with Gasteiger partial charge in [0.1, 0.15) is 6.54 Å². The summed E-state index contributed by atoms with van der Waals surface area (Å²) in [6.45, 7) is 0.0327. The SMILES string of the molecule is [N-]=[N+]=NCc1nc(C(N)c2ccccc2)no1. The molecule has 1 aromatic heterocycles. The number of azide groups is 1. The topological polar surface area (TPSA) is 114 Å². The van der Waals surface area contributed by atoms with Crippen LogP contribution in [0, 0.1) is 0 Å². The molecule has 7 nitrogen and oxygen atoms in total. The van der Waals surface area contributed by atoms with Crippen LogP contribution in [0.4, 0.5) is 0 Å². The lowest BCUT2D eigenvalue weighted by atomic mass is 10.1. The molecule has 0 aliphatic carbocycles. The second-order valence-electron chi connectivity index (χ2n) is 3.32. The van der Waals surface area contributed by atoms with Crippen LogP contribution in [-0.4, -0.2) is 10.1 Å². The Labute approximate surface area is 96.9 Å². The van der Waals surface area contributed by atoms with Gasteiger partial charge in [0.15, 0.2) is 5.82 Å². The Morgan fingerprint density at radius 2 is 2.18 bits per heavy atom. The van der Waals surface area contributed by atoms with Gasteiger partial charge in [-0.05, 0) is 11.1 Å². The maximum absolute atomic E-state index is 8.17. The molecule has 2 rings (SSSR count). The maximum atomic E-state index is 8.17. The minimum Gasteiger partial charge on any atom is -0.339 e. The standard InChI is InChI=1S/C10H10N6O/c11-9(7-4-2-1-3-5-7)10-14-8(17-15-10)6-13-16-12/h1-5,9H,6,11H2. The van der Waals surface area contributed by atoms with Crippen LogP contribution in [0.2, 0.25) is 0 Å². The third kappa shape index (κ3) is 2.60. The monoisotopic (exact) mass is 230 g/mol. The highest BCUT2D eigenvalue weighted by atomic mass is 16.5. The fourth-order valence-electron chi connectivity index (χ4n) is 1.36. The molecule has 0 fully saturated rings. The molecule has 17 heavy (non-hydrogen) atoms. The van der Waals surface area contributed by atoms with Crippen LogP contribution in [0.5, 0.6) is 0 Å².